The minimum Gasteiger partial charge on any atom is -0.453 e. The second-order valence-electron chi connectivity index (χ2n) is 3.58. The van der Waals surface area contributed by atoms with Crippen LogP contribution >= 0.6 is 15.9 Å². The zero-order valence-corrected chi connectivity index (χ0v) is 10.4. The molecular formula is C12H13BrO2. The zero-order valence-electron chi connectivity index (χ0n) is 8.79. The molecule has 3 heteroatoms. The van der Waals surface area contributed by atoms with Crippen molar-refractivity contribution in [2.45, 2.75) is 26.1 Å². The van der Waals surface area contributed by atoms with Gasteiger partial charge in [0.25, 0.3) is 5.79 Å². The van der Waals surface area contributed by atoms with E-state index in [1.54, 1.807) is 12.5 Å². The zero-order chi connectivity index (χ0) is 10.9. The van der Waals surface area contributed by atoms with E-state index in [1.807, 2.05) is 19.1 Å². The normalized spacial score (nSPS) is 17.3. The van der Waals surface area contributed by atoms with E-state index in [1.165, 1.54) is 5.56 Å². The van der Waals surface area contributed by atoms with Crippen molar-refractivity contribution in [3.63, 3.8) is 0 Å². The predicted octanol–water partition coefficient (Wildman–Crippen LogP) is 3.84. The molecule has 80 valence electrons. The third-order valence-corrected chi connectivity index (χ3v) is 3.53. The highest BCUT2D eigenvalue weighted by atomic mass is 79.9. The van der Waals surface area contributed by atoms with Crippen molar-refractivity contribution < 1.29 is 9.47 Å². The average molecular weight is 269 g/mol. The first kappa shape index (κ1) is 10.6. The van der Waals surface area contributed by atoms with E-state index in [0.717, 1.165) is 16.5 Å². The summed E-state index contributed by atoms with van der Waals surface area (Å²) in [5.41, 5.74) is 2.23. The molecule has 0 fully saturated rings. The monoisotopic (exact) mass is 268 g/mol. The Kier molecular flexibility index (Phi) is 2.74. The van der Waals surface area contributed by atoms with Gasteiger partial charge in [0, 0.05) is 16.5 Å². The van der Waals surface area contributed by atoms with Crippen molar-refractivity contribution in [3.8, 4) is 0 Å². The van der Waals surface area contributed by atoms with Gasteiger partial charge in [-0.3, -0.25) is 0 Å². The molecule has 0 aromatic heterocycles. The van der Waals surface area contributed by atoms with Crippen LogP contribution in [0.5, 0.6) is 0 Å². The summed E-state index contributed by atoms with van der Waals surface area (Å²) in [7, 11) is 0. The summed E-state index contributed by atoms with van der Waals surface area (Å²) in [5, 5.41) is 0. The highest BCUT2D eigenvalue weighted by molar-refractivity contribution is 9.10. The van der Waals surface area contributed by atoms with Crippen LogP contribution in [0.15, 0.2) is 35.2 Å². The smallest absolute Gasteiger partial charge is 0.276 e. The molecule has 0 atom stereocenters. The molecule has 1 aliphatic heterocycles. The Balaban J connectivity index is 2.39. The Hall–Kier alpha value is -0.960. The first-order chi connectivity index (χ1) is 7.18. The Morgan fingerprint density at radius 1 is 1.27 bits per heavy atom. The predicted molar refractivity (Wildman–Crippen MR) is 62.2 cm³/mol. The Morgan fingerprint density at radius 2 is 1.93 bits per heavy atom. The number of hydrogen-bond acceptors (Lipinski definition) is 2. The van der Waals surface area contributed by atoms with Gasteiger partial charge in [-0.15, -0.1) is 0 Å². The molecule has 0 spiro atoms. The van der Waals surface area contributed by atoms with Crippen molar-refractivity contribution in [1.82, 2.24) is 0 Å². The van der Waals surface area contributed by atoms with Crippen LogP contribution in [0.1, 0.15) is 24.5 Å². The summed E-state index contributed by atoms with van der Waals surface area (Å²) < 4.78 is 12.2. The molecular weight excluding hydrogens is 256 g/mol. The van der Waals surface area contributed by atoms with E-state index < -0.39 is 5.79 Å². The standard InChI is InChI=1S/C12H13BrO2/c1-3-12(14-6-7-15-12)10-4-5-11(13)9(2)8-10/h4-8H,3H2,1-2H3. The van der Waals surface area contributed by atoms with E-state index in [0.29, 0.717) is 0 Å². The Labute approximate surface area is 98.0 Å². The largest absolute Gasteiger partial charge is 0.453 e. The molecule has 2 nitrogen and oxygen atoms in total. The second-order valence-corrected chi connectivity index (χ2v) is 4.43. The molecule has 15 heavy (non-hydrogen) atoms. The molecule has 1 aromatic rings. The molecule has 0 unspecified atom stereocenters. The van der Waals surface area contributed by atoms with Gasteiger partial charge in [0.1, 0.15) is 12.5 Å². The molecule has 0 bridgehead atoms. The third kappa shape index (κ3) is 1.76. The van der Waals surface area contributed by atoms with Crippen LogP contribution < -0.4 is 0 Å². The van der Waals surface area contributed by atoms with Gasteiger partial charge in [0.2, 0.25) is 0 Å². The number of aryl methyl sites for hydroxylation is 1. The highest BCUT2D eigenvalue weighted by Gasteiger charge is 2.36. The fourth-order valence-corrected chi connectivity index (χ4v) is 1.94. The van der Waals surface area contributed by atoms with Crippen molar-refractivity contribution in [2.75, 3.05) is 0 Å². The maximum atomic E-state index is 5.55. The molecule has 0 radical (unpaired) electrons. The maximum absolute atomic E-state index is 5.55. The first-order valence-electron chi connectivity index (χ1n) is 4.95. The lowest BCUT2D eigenvalue weighted by Gasteiger charge is -2.27. The topological polar surface area (TPSA) is 18.5 Å². The molecule has 1 aliphatic rings. The molecule has 1 aromatic carbocycles. The molecule has 0 N–H and O–H groups in total. The third-order valence-electron chi connectivity index (χ3n) is 2.64. The molecule has 2 rings (SSSR count). The maximum Gasteiger partial charge on any atom is 0.276 e. The first-order valence-corrected chi connectivity index (χ1v) is 5.74. The number of benzene rings is 1. The quantitative estimate of drug-likeness (QED) is 0.812. The van der Waals surface area contributed by atoms with E-state index in [4.69, 9.17) is 9.47 Å². The summed E-state index contributed by atoms with van der Waals surface area (Å²) in [6.07, 6.45) is 3.98. The summed E-state index contributed by atoms with van der Waals surface area (Å²) >= 11 is 3.48. The van der Waals surface area contributed by atoms with Crippen LogP contribution in [0.3, 0.4) is 0 Å². The minimum absolute atomic E-state index is 0.620. The molecule has 0 saturated carbocycles. The lowest BCUT2D eigenvalue weighted by atomic mass is 10.0. The van der Waals surface area contributed by atoms with Gasteiger partial charge in [-0.1, -0.05) is 28.9 Å². The van der Waals surface area contributed by atoms with Gasteiger partial charge in [0.15, 0.2) is 0 Å². The SMILES string of the molecule is CCC1(c2ccc(Br)c(C)c2)OC=CO1. The van der Waals surface area contributed by atoms with Crippen LogP contribution in [0.25, 0.3) is 0 Å². The number of ether oxygens (including phenoxy) is 2. The molecule has 0 aliphatic carbocycles. The van der Waals surface area contributed by atoms with E-state index in [-0.39, 0.29) is 0 Å². The van der Waals surface area contributed by atoms with Crippen molar-refractivity contribution in [3.05, 3.63) is 46.3 Å². The molecule has 0 saturated heterocycles. The lowest BCUT2D eigenvalue weighted by molar-refractivity contribution is -0.151. The fourth-order valence-electron chi connectivity index (χ4n) is 1.69. The Morgan fingerprint density at radius 3 is 2.47 bits per heavy atom. The van der Waals surface area contributed by atoms with Crippen LogP contribution in [-0.4, -0.2) is 0 Å². The van der Waals surface area contributed by atoms with Crippen LogP contribution in [0.4, 0.5) is 0 Å². The van der Waals surface area contributed by atoms with Gasteiger partial charge >= 0.3 is 0 Å². The van der Waals surface area contributed by atoms with Crippen LogP contribution in [0.2, 0.25) is 0 Å². The summed E-state index contributed by atoms with van der Waals surface area (Å²) in [6.45, 7) is 4.10. The molecule has 0 amide bonds. The average Bonchev–Trinajstić information content (AvgIpc) is 2.72. The van der Waals surface area contributed by atoms with Gasteiger partial charge in [-0.05, 0) is 24.6 Å². The number of hydrogen-bond donors (Lipinski definition) is 0. The van der Waals surface area contributed by atoms with Gasteiger partial charge < -0.3 is 9.47 Å². The van der Waals surface area contributed by atoms with Crippen molar-refractivity contribution in [2.24, 2.45) is 0 Å². The van der Waals surface area contributed by atoms with Crippen molar-refractivity contribution in [1.29, 1.82) is 0 Å². The van der Waals surface area contributed by atoms with E-state index >= 15 is 0 Å². The summed E-state index contributed by atoms with van der Waals surface area (Å²) in [6, 6.07) is 6.13. The second kappa shape index (κ2) is 3.89. The summed E-state index contributed by atoms with van der Waals surface area (Å²) in [5.74, 6) is -0.620. The van der Waals surface area contributed by atoms with Gasteiger partial charge in [-0.2, -0.15) is 0 Å². The number of halogens is 1. The van der Waals surface area contributed by atoms with Crippen LogP contribution in [-0.2, 0) is 15.3 Å². The van der Waals surface area contributed by atoms with Crippen molar-refractivity contribution >= 4 is 15.9 Å². The fraction of sp³-hybridized carbons (Fsp3) is 0.333. The minimum atomic E-state index is -0.620. The van der Waals surface area contributed by atoms with Gasteiger partial charge in [0.05, 0.1) is 0 Å². The van der Waals surface area contributed by atoms with Gasteiger partial charge in [-0.25, -0.2) is 0 Å². The summed E-state index contributed by atoms with van der Waals surface area (Å²) in [4.78, 5) is 0. The Bertz CT molecular complexity index is 391. The number of rotatable bonds is 2. The molecule has 1 heterocycles. The highest BCUT2D eigenvalue weighted by Crippen LogP contribution is 2.36. The van der Waals surface area contributed by atoms with Crippen LogP contribution in [0, 0.1) is 6.92 Å². The van der Waals surface area contributed by atoms with E-state index in [2.05, 4.69) is 28.9 Å². The van der Waals surface area contributed by atoms with E-state index in [9.17, 15) is 0 Å². The lowest BCUT2D eigenvalue weighted by Crippen LogP contribution is -2.25.